The van der Waals surface area contributed by atoms with E-state index in [4.69, 9.17) is 4.98 Å². The summed E-state index contributed by atoms with van der Waals surface area (Å²) < 4.78 is 1.12. The van der Waals surface area contributed by atoms with Crippen molar-refractivity contribution < 1.29 is 5.11 Å². The molecule has 1 saturated heterocycles. The number of hydrogen-bond donors (Lipinski definition) is 1. The van der Waals surface area contributed by atoms with Gasteiger partial charge in [-0.15, -0.1) is 0 Å². The molecule has 1 aromatic heterocycles. The molecule has 0 amide bonds. The van der Waals surface area contributed by atoms with Gasteiger partial charge >= 0.3 is 0 Å². The minimum absolute atomic E-state index is 0.0679. The summed E-state index contributed by atoms with van der Waals surface area (Å²) in [7, 11) is 0. The van der Waals surface area contributed by atoms with Gasteiger partial charge in [0.25, 0.3) is 0 Å². The number of phenolic OH excluding ortho intramolecular Hbond substituents is 1. The van der Waals surface area contributed by atoms with Gasteiger partial charge in [0.15, 0.2) is 0 Å². The van der Waals surface area contributed by atoms with Gasteiger partial charge in [-0.1, -0.05) is 34.1 Å². The summed E-state index contributed by atoms with van der Waals surface area (Å²) in [4.78, 5) is 7.84. The van der Waals surface area contributed by atoms with Crippen LogP contribution in [0.25, 0.3) is 10.9 Å². The van der Waals surface area contributed by atoms with Gasteiger partial charge in [-0.25, -0.2) is 0 Å². The molecule has 3 aromatic rings. The molecule has 0 bridgehead atoms. The monoisotopic (exact) mass is 462 g/mol. The average Bonchev–Trinajstić information content (AvgIpc) is 3.55. The Labute approximate surface area is 186 Å². The summed E-state index contributed by atoms with van der Waals surface area (Å²) in [6, 6.07) is 16.7. The zero-order chi connectivity index (χ0) is 20.3. The fourth-order valence-corrected chi connectivity index (χ4v) is 6.37. The molecule has 30 heavy (non-hydrogen) atoms. The van der Waals surface area contributed by atoms with Crippen LogP contribution in [0.5, 0.6) is 5.75 Å². The van der Waals surface area contributed by atoms with E-state index in [1.165, 1.54) is 41.6 Å². The van der Waals surface area contributed by atoms with E-state index in [1.807, 2.05) is 12.1 Å². The van der Waals surface area contributed by atoms with Crippen LogP contribution in [0.2, 0.25) is 0 Å². The van der Waals surface area contributed by atoms with Crippen LogP contribution in [-0.4, -0.2) is 34.6 Å². The number of fused-ring (bicyclic) bond motifs is 3. The molecule has 3 nitrogen and oxygen atoms in total. The summed E-state index contributed by atoms with van der Waals surface area (Å²) >= 11 is 3.72. The number of aromatic hydroxyl groups is 1. The Hall–Kier alpha value is -1.91. The largest absolute Gasteiger partial charge is 0.508 e. The molecule has 0 spiro atoms. The van der Waals surface area contributed by atoms with E-state index in [1.54, 1.807) is 6.07 Å². The molecule has 2 aromatic carbocycles. The molecule has 2 atom stereocenters. The molecule has 1 aliphatic heterocycles. The van der Waals surface area contributed by atoms with Gasteiger partial charge in [0, 0.05) is 40.5 Å². The number of nitrogens with zero attached hydrogens (tertiary/aromatic N) is 2. The maximum atomic E-state index is 10.2. The van der Waals surface area contributed by atoms with Crippen molar-refractivity contribution in [2.45, 2.75) is 37.5 Å². The lowest BCUT2D eigenvalue weighted by molar-refractivity contribution is 0.0777. The van der Waals surface area contributed by atoms with Gasteiger partial charge in [-0.3, -0.25) is 4.98 Å². The van der Waals surface area contributed by atoms with E-state index >= 15 is 0 Å². The molecule has 1 saturated carbocycles. The highest BCUT2D eigenvalue weighted by Gasteiger charge is 2.48. The van der Waals surface area contributed by atoms with E-state index in [9.17, 15) is 5.11 Å². The first kappa shape index (κ1) is 18.8. The second-order valence-electron chi connectivity index (χ2n) is 9.64. The van der Waals surface area contributed by atoms with Gasteiger partial charge in [-0.2, -0.15) is 0 Å². The standard InChI is InChI=1S/C26H27BrN2O/c27-23-5-2-6-24-22(23)12-18-11-20-16-29(15-17-7-8-17)10-9-26(20,14-25(18)28-24)19-3-1-4-21(30)13-19/h1-6,12-13,17,20,30H,7-11,14-16H2/t20-,26-/m0/s1. The van der Waals surface area contributed by atoms with Crippen LogP contribution in [0, 0.1) is 11.8 Å². The van der Waals surface area contributed by atoms with E-state index in [0.29, 0.717) is 11.7 Å². The fraction of sp³-hybridized carbons (Fsp3) is 0.423. The first-order chi connectivity index (χ1) is 14.6. The van der Waals surface area contributed by atoms with Crippen LogP contribution in [0.4, 0.5) is 0 Å². The predicted octanol–water partition coefficient (Wildman–Crippen LogP) is 5.47. The maximum Gasteiger partial charge on any atom is 0.115 e. The number of rotatable bonds is 3. The zero-order valence-corrected chi connectivity index (χ0v) is 18.7. The molecule has 6 rings (SSSR count). The third kappa shape index (κ3) is 3.16. The summed E-state index contributed by atoms with van der Waals surface area (Å²) in [5.41, 5.74) is 5.08. The lowest BCUT2D eigenvalue weighted by Gasteiger charge is -2.51. The molecule has 4 heteroatoms. The highest BCUT2D eigenvalue weighted by molar-refractivity contribution is 9.10. The number of aromatic nitrogens is 1. The minimum atomic E-state index is 0.0679. The summed E-state index contributed by atoms with van der Waals surface area (Å²) in [6.07, 6.45) is 6.00. The van der Waals surface area contributed by atoms with Gasteiger partial charge in [-0.05, 0) is 85.5 Å². The van der Waals surface area contributed by atoms with Crippen LogP contribution in [-0.2, 0) is 18.3 Å². The molecule has 0 unspecified atom stereocenters. The molecule has 154 valence electrons. The quantitative estimate of drug-likeness (QED) is 0.560. The van der Waals surface area contributed by atoms with Crippen molar-refractivity contribution in [2.75, 3.05) is 19.6 Å². The smallest absolute Gasteiger partial charge is 0.115 e. The molecule has 2 heterocycles. The van der Waals surface area contributed by atoms with Crippen molar-refractivity contribution in [3.8, 4) is 5.75 Å². The molecule has 1 N–H and O–H groups in total. The Morgan fingerprint density at radius 3 is 2.83 bits per heavy atom. The summed E-state index contributed by atoms with van der Waals surface area (Å²) in [6.45, 7) is 3.57. The topological polar surface area (TPSA) is 36.4 Å². The van der Waals surface area contributed by atoms with E-state index in [0.717, 1.165) is 48.3 Å². The van der Waals surface area contributed by atoms with E-state index in [-0.39, 0.29) is 5.41 Å². The van der Waals surface area contributed by atoms with Crippen molar-refractivity contribution in [3.05, 3.63) is 69.8 Å². The summed E-state index contributed by atoms with van der Waals surface area (Å²) in [5, 5.41) is 11.5. The van der Waals surface area contributed by atoms with Crippen LogP contribution in [0.15, 0.2) is 53.0 Å². The molecular weight excluding hydrogens is 436 g/mol. The summed E-state index contributed by atoms with van der Waals surface area (Å²) in [5.74, 6) is 1.86. The first-order valence-electron chi connectivity index (χ1n) is 11.2. The van der Waals surface area contributed by atoms with Crippen molar-refractivity contribution in [1.82, 2.24) is 9.88 Å². The SMILES string of the molecule is Oc1cccc([C@@]23CCN(CC4CC4)C[C@@H]2Cc2cc4c(Br)cccc4nc2C3)c1. The van der Waals surface area contributed by atoms with Gasteiger partial charge in [0.1, 0.15) is 5.75 Å². The van der Waals surface area contributed by atoms with Crippen molar-refractivity contribution in [1.29, 1.82) is 0 Å². The van der Waals surface area contributed by atoms with Crippen LogP contribution in [0.3, 0.4) is 0 Å². The number of halogens is 1. The predicted molar refractivity (Wildman–Crippen MR) is 124 cm³/mol. The maximum absolute atomic E-state index is 10.2. The molecule has 2 fully saturated rings. The minimum Gasteiger partial charge on any atom is -0.508 e. The molecule has 3 aliphatic rings. The van der Waals surface area contributed by atoms with Gasteiger partial charge in [0.2, 0.25) is 0 Å². The lowest BCUT2D eigenvalue weighted by atomic mass is 9.58. The highest BCUT2D eigenvalue weighted by atomic mass is 79.9. The molecular formula is C26H27BrN2O. The number of likely N-dealkylation sites (tertiary alicyclic amines) is 1. The molecule has 0 radical (unpaired) electrons. The Morgan fingerprint density at radius 1 is 1.13 bits per heavy atom. The Balaban J connectivity index is 1.45. The second kappa shape index (κ2) is 7.06. The van der Waals surface area contributed by atoms with Crippen molar-refractivity contribution >= 4 is 26.8 Å². The van der Waals surface area contributed by atoms with Crippen LogP contribution in [0.1, 0.15) is 36.1 Å². The number of hydrogen-bond acceptors (Lipinski definition) is 3. The number of pyridine rings is 1. The number of phenols is 1. The highest BCUT2D eigenvalue weighted by Crippen LogP contribution is 2.49. The van der Waals surface area contributed by atoms with Crippen molar-refractivity contribution in [3.63, 3.8) is 0 Å². The van der Waals surface area contributed by atoms with Crippen LogP contribution < -0.4 is 0 Å². The van der Waals surface area contributed by atoms with E-state index < -0.39 is 0 Å². The first-order valence-corrected chi connectivity index (χ1v) is 12.0. The molecule has 2 aliphatic carbocycles. The normalized spacial score (nSPS) is 26.4. The third-order valence-corrected chi connectivity index (χ3v) is 8.38. The van der Waals surface area contributed by atoms with Crippen LogP contribution >= 0.6 is 15.9 Å². The zero-order valence-electron chi connectivity index (χ0n) is 17.1. The number of piperidine rings is 1. The second-order valence-corrected chi connectivity index (χ2v) is 10.5. The Morgan fingerprint density at radius 2 is 2.00 bits per heavy atom. The fourth-order valence-electron chi connectivity index (χ4n) is 5.90. The van der Waals surface area contributed by atoms with Crippen molar-refractivity contribution in [2.24, 2.45) is 11.8 Å². The van der Waals surface area contributed by atoms with Gasteiger partial charge < -0.3 is 10.0 Å². The van der Waals surface area contributed by atoms with Gasteiger partial charge in [0.05, 0.1) is 5.52 Å². The Kier molecular flexibility index (Phi) is 4.43. The number of benzene rings is 2. The Bertz CT molecular complexity index is 1130. The lowest BCUT2D eigenvalue weighted by Crippen LogP contribution is -2.54. The third-order valence-electron chi connectivity index (χ3n) is 7.69. The average molecular weight is 463 g/mol. The van der Waals surface area contributed by atoms with E-state index in [2.05, 4.69) is 51.2 Å².